The molecule has 0 saturated carbocycles. The maximum absolute atomic E-state index is 12.4. The molecule has 2 aromatic rings. The van der Waals surface area contributed by atoms with Gasteiger partial charge in [0.05, 0.1) is 29.0 Å². The van der Waals surface area contributed by atoms with Crippen molar-refractivity contribution in [2.24, 2.45) is 0 Å². The molecule has 0 radical (unpaired) electrons. The summed E-state index contributed by atoms with van der Waals surface area (Å²) in [6.07, 6.45) is 0.377. The number of rotatable bonds is 2. The van der Waals surface area contributed by atoms with E-state index in [2.05, 4.69) is 23.0 Å². The van der Waals surface area contributed by atoms with Crippen molar-refractivity contribution < 1.29 is 4.79 Å². The summed E-state index contributed by atoms with van der Waals surface area (Å²) in [4.78, 5) is 20.6. The van der Waals surface area contributed by atoms with Gasteiger partial charge < -0.3 is 9.80 Å². The Kier molecular flexibility index (Phi) is 3.21. The Bertz CT molecular complexity index is 582. The number of likely N-dealkylation sites (N-methyl/N-ethyl adjacent to an activating group) is 1. The Morgan fingerprint density at radius 2 is 2.11 bits per heavy atom. The molecule has 1 aliphatic heterocycles. The van der Waals surface area contributed by atoms with Gasteiger partial charge in [0, 0.05) is 25.5 Å². The van der Waals surface area contributed by atoms with Gasteiger partial charge in [-0.3, -0.25) is 4.79 Å². The van der Waals surface area contributed by atoms with Crippen LogP contribution in [0.4, 0.5) is 11.4 Å². The fraction of sp³-hybridized carbons (Fsp3) is 0.286. The smallest absolute Gasteiger partial charge is 0.233 e. The van der Waals surface area contributed by atoms with Gasteiger partial charge in [-0.2, -0.15) is 0 Å². The Labute approximate surface area is 116 Å². The van der Waals surface area contributed by atoms with Gasteiger partial charge in [-0.25, -0.2) is 4.98 Å². The van der Waals surface area contributed by atoms with Crippen LogP contribution in [0.15, 0.2) is 35.2 Å². The molecular weight excluding hydrogens is 258 g/mol. The van der Waals surface area contributed by atoms with Crippen LogP contribution in [-0.2, 0) is 11.2 Å². The van der Waals surface area contributed by atoms with Gasteiger partial charge in [-0.05, 0) is 12.1 Å². The molecule has 0 fully saturated rings. The number of anilines is 2. The molecule has 3 rings (SSSR count). The van der Waals surface area contributed by atoms with Gasteiger partial charge >= 0.3 is 0 Å². The third-order valence-electron chi connectivity index (χ3n) is 3.36. The van der Waals surface area contributed by atoms with Crippen molar-refractivity contribution in [3.63, 3.8) is 0 Å². The summed E-state index contributed by atoms with van der Waals surface area (Å²) in [6, 6.07) is 8.03. The average Bonchev–Trinajstić information content (AvgIpc) is 2.92. The van der Waals surface area contributed by atoms with Gasteiger partial charge in [0.1, 0.15) is 0 Å². The number of aromatic nitrogens is 1. The molecule has 98 valence electrons. The summed E-state index contributed by atoms with van der Waals surface area (Å²) >= 11 is 1.52. The van der Waals surface area contributed by atoms with E-state index >= 15 is 0 Å². The number of nitrogens with zero attached hydrogens (tertiary/aromatic N) is 3. The van der Waals surface area contributed by atoms with Crippen LogP contribution in [0.25, 0.3) is 0 Å². The maximum Gasteiger partial charge on any atom is 0.233 e. The lowest BCUT2D eigenvalue weighted by Gasteiger charge is -2.35. The average molecular weight is 273 g/mol. The van der Waals surface area contributed by atoms with E-state index in [1.165, 1.54) is 11.3 Å². The number of amides is 1. The zero-order valence-corrected chi connectivity index (χ0v) is 11.6. The summed E-state index contributed by atoms with van der Waals surface area (Å²) in [5.41, 5.74) is 4.73. The van der Waals surface area contributed by atoms with E-state index in [-0.39, 0.29) is 5.91 Å². The number of carbonyl (C=O) groups excluding carboxylic acids is 1. The molecule has 1 aromatic heterocycles. The van der Waals surface area contributed by atoms with E-state index in [4.69, 9.17) is 0 Å². The Morgan fingerprint density at radius 1 is 1.32 bits per heavy atom. The Balaban J connectivity index is 1.86. The zero-order chi connectivity index (χ0) is 13.2. The molecule has 0 N–H and O–H groups in total. The molecule has 1 amide bonds. The molecule has 19 heavy (non-hydrogen) atoms. The highest BCUT2D eigenvalue weighted by atomic mass is 32.1. The van der Waals surface area contributed by atoms with Crippen LogP contribution >= 0.6 is 11.3 Å². The van der Waals surface area contributed by atoms with Crippen molar-refractivity contribution >= 4 is 28.6 Å². The topological polar surface area (TPSA) is 36.4 Å². The molecule has 0 aliphatic carbocycles. The number of fused-ring (bicyclic) bond motifs is 1. The second kappa shape index (κ2) is 5.01. The summed E-state index contributed by atoms with van der Waals surface area (Å²) in [7, 11) is 2.06. The van der Waals surface area contributed by atoms with Gasteiger partial charge in [0.25, 0.3) is 0 Å². The van der Waals surface area contributed by atoms with E-state index in [9.17, 15) is 4.79 Å². The molecule has 0 spiro atoms. The highest BCUT2D eigenvalue weighted by Gasteiger charge is 2.24. The fourth-order valence-corrected chi connectivity index (χ4v) is 2.90. The van der Waals surface area contributed by atoms with Crippen LogP contribution in [0.2, 0.25) is 0 Å². The molecule has 0 atom stereocenters. The highest BCUT2D eigenvalue weighted by molar-refractivity contribution is 7.07. The van der Waals surface area contributed by atoms with Crippen molar-refractivity contribution in [2.45, 2.75) is 6.42 Å². The Morgan fingerprint density at radius 3 is 2.84 bits per heavy atom. The minimum atomic E-state index is 0.117. The van der Waals surface area contributed by atoms with Crippen molar-refractivity contribution in [3.8, 4) is 0 Å². The maximum atomic E-state index is 12.4. The number of thiazole rings is 1. The summed E-state index contributed by atoms with van der Waals surface area (Å²) in [5, 5.41) is 1.93. The lowest BCUT2D eigenvalue weighted by atomic mass is 10.1. The quantitative estimate of drug-likeness (QED) is 0.841. The molecule has 5 heteroatoms. The van der Waals surface area contributed by atoms with Crippen LogP contribution < -0.4 is 9.80 Å². The molecule has 2 heterocycles. The Hall–Kier alpha value is -1.88. The number of carbonyl (C=O) groups is 1. The van der Waals surface area contributed by atoms with Crippen LogP contribution in [0.1, 0.15) is 5.69 Å². The monoisotopic (exact) mass is 273 g/mol. The predicted molar refractivity (Wildman–Crippen MR) is 77.9 cm³/mol. The van der Waals surface area contributed by atoms with Crippen LogP contribution in [0.5, 0.6) is 0 Å². The summed E-state index contributed by atoms with van der Waals surface area (Å²) in [5.74, 6) is 0.117. The molecule has 1 aliphatic rings. The second-order valence-electron chi connectivity index (χ2n) is 4.61. The first-order valence-electron chi connectivity index (χ1n) is 6.23. The summed E-state index contributed by atoms with van der Waals surface area (Å²) in [6.45, 7) is 1.59. The fourth-order valence-electron chi connectivity index (χ4n) is 2.34. The lowest BCUT2D eigenvalue weighted by Crippen LogP contribution is -2.43. The second-order valence-corrected chi connectivity index (χ2v) is 5.33. The van der Waals surface area contributed by atoms with Gasteiger partial charge in [0.15, 0.2) is 0 Å². The zero-order valence-electron chi connectivity index (χ0n) is 10.7. The van der Waals surface area contributed by atoms with E-state index in [0.29, 0.717) is 6.42 Å². The SMILES string of the molecule is CN1CCN(C(=O)Cc2cscn2)c2ccccc21. The van der Waals surface area contributed by atoms with Gasteiger partial charge in [0.2, 0.25) is 5.91 Å². The first-order valence-corrected chi connectivity index (χ1v) is 7.17. The number of para-hydroxylation sites is 2. The third kappa shape index (κ3) is 2.33. The minimum absolute atomic E-state index is 0.117. The molecule has 0 unspecified atom stereocenters. The number of hydrogen-bond donors (Lipinski definition) is 0. The summed E-state index contributed by atoms with van der Waals surface area (Å²) < 4.78 is 0. The minimum Gasteiger partial charge on any atom is -0.371 e. The van der Waals surface area contributed by atoms with Crippen LogP contribution in [0.3, 0.4) is 0 Å². The van der Waals surface area contributed by atoms with Crippen molar-refractivity contribution in [1.82, 2.24) is 4.98 Å². The van der Waals surface area contributed by atoms with E-state index in [1.54, 1.807) is 5.51 Å². The molecule has 4 nitrogen and oxygen atoms in total. The standard InChI is InChI=1S/C14H15N3OS/c1-16-6-7-17(13-5-3-2-4-12(13)16)14(18)8-11-9-19-10-15-11/h2-5,9-10H,6-8H2,1H3. The van der Waals surface area contributed by atoms with E-state index in [0.717, 1.165) is 30.2 Å². The largest absolute Gasteiger partial charge is 0.371 e. The van der Waals surface area contributed by atoms with E-state index < -0.39 is 0 Å². The van der Waals surface area contributed by atoms with Crippen molar-refractivity contribution in [3.05, 3.63) is 40.8 Å². The molecular formula is C14H15N3OS. The molecule has 0 saturated heterocycles. The first kappa shape index (κ1) is 12.2. The van der Waals surface area contributed by atoms with Gasteiger partial charge in [-0.15, -0.1) is 11.3 Å². The first-order chi connectivity index (χ1) is 9.25. The van der Waals surface area contributed by atoms with E-state index in [1.807, 2.05) is 28.5 Å². The predicted octanol–water partition coefficient (Wildman–Crippen LogP) is 2.17. The normalized spacial score (nSPS) is 14.4. The van der Waals surface area contributed by atoms with Crippen LogP contribution in [0, 0.1) is 0 Å². The van der Waals surface area contributed by atoms with Gasteiger partial charge in [-0.1, -0.05) is 12.1 Å². The highest BCUT2D eigenvalue weighted by Crippen LogP contribution is 2.32. The third-order valence-corrected chi connectivity index (χ3v) is 3.99. The molecule has 0 bridgehead atoms. The number of benzene rings is 1. The molecule has 1 aromatic carbocycles. The lowest BCUT2D eigenvalue weighted by molar-refractivity contribution is -0.118. The van der Waals surface area contributed by atoms with Crippen molar-refractivity contribution in [2.75, 3.05) is 29.9 Å². The van der Waals surface area contributed by atoms with Crippen LogP contribution in [-0.4, -0.2) is 31.0 Å². The number of hydrogen-bond acceptors (Lipinski definition) is 4. The van der Waals surface area contributed by atoms with Crippen molar-refractivity contribution in [1.29, 1.82) is 0 Å².